The first-order chi connectivity index (χ1) is 27.3. The topological polar surface area (TPSA) is 85.7 Å². The van der Waals surface area contributed by atoms with E-state index in [1.54, 1.807) is 43.4 Å². The number of amidine groups is 1. The van der Waals surface area contributed by atoms with Crippen LogP contribution in [0.25, 0.3) is 0 Å². The Morgan fingerprint density at radius 1 is 1.14 bits per heavy atom. The highest BCUT2D eigenvalue weighted by Crippen LogP contribution is 2.37. The number of nitrogens with zero attached hydrogens (tertiary/aromatic N) is 6. The van der Waals surface area contributed by atoms with Gasteiger partial charge < -0.3 is 19.9 Å². The van der Waals surface area contributed by atoms with E-state index in [0.717, 1.165) is 68.0 Å². The van der Waals surface area contributed by atoms with Gasteiger partial charge in [0.2, 0.25) is 0 Å². The number of hydrogen-bond donors (Lipinski definition) is 1. The zero-order valence-corrected chi connectivity index (χ0v) is 36.5. The lowest BCUT2D eigenvalue weighted by Crippen LogP contribution is -2.30. The van der Waals surface area contributed by atoms with Crippen molar-refractivity contribution in [2.45, 2.75) is 107 Å². The van der Waals surface area contributed by atoms with Gasteiger partial charge in [-0.15, -0.1) is 12.3 Å². The number of hydrazone groups is 1. The number of carbonyl (C=O) groups is 1. The SMILES string of the molecule is C#CC.C/C=N\N1C=CC(Oc2cc(F)c(NC(=N/C=C/CCC)c3nc4c(cc3C)C(C)CC(C)CN4CCCCC)cc2C)=CC1.CC(=O)/C=C/CN(C)C. The van der Waals surface area contributed by atoms with E-state index in [9.17, 15) is 4.79 Å². The molecule has 0 saturated carbocycles. The Hall–Kier alpha value is -5.01. The Morgan fingerprint density at radius 2 is 1.88 bits per heavy atom. The highest BCUT2D eigenvalue weighted by Gasteiger charge is 2.27. The maximum atomic E-state index is 15.7. The summed E-state index contributed by atoms with van der Waals surface area (Å²) in [6, 6.07) is 5.48. The second-order valence-electron chi connectivity index (χ2n) is 14.9. The molecule has 2 atom stereocenters. The summed E-state index contributed by atoms with van der Waals surface area (Å²) in [5, 5.41) is 9.36. The lowest BCUT2D eigenvalue weighted by Gasteiger charge is -2.27. The van der Waals surface area contributed by atoms with Gasteiger partial charge in [-0.1, -0.05) is 59.1 Å². The Morgan fingerprint density at radius 3 is 2.49 bits per heavy atom. The lowest BCUT2D eigenvalue weighted by atomic mass is 9.92. The number of benzene rings is 1. The van der Waals surface area contributed by atoms with Gasteiger partial charge in [0.15, 0.2) is 11.6 Å². The minimum Gasteiger partial charge on any atom is -0.457 e. The molecule has 2 aliphatic heterocycles. The Balaban J connectivity index is 0.000000813. The largest absolute Gasteiger partial charge is 0.457 e. The number of fused-ring (bicyclic) bond motifs is 1. The first kappa shape index (κ1) is 48.1. The number of pyridine rings is 1. The quantitative estimate of drug-likeness (QED) is 0.0633. The first-order valence-corrected chi connectivity index (χ1v) is 20.4. The van der Waals surface area contributed by atoms with E-state index >= 15 is 4.39 Å². The number of aromatic nitrogens is 1. The highest BCUT2D eigenvalue weighted by atomic mass is 19.1. The van der Waals surface area contributed by atoms with Gasteiger partial charge in [-0.05, 0) is 127 Å². The van der Waals surface area contributed by atoms with Crippen LogP contribution in [0.5, 0.6) is 5.75 Å². The molecule has 57 heavy (non-hydrogen) atoms. The second kappa shape index (κ2) is 26.0. The van der Waals surface area contributed by atoms with E-state index in [1.165, 1.54) is 24.5 Å². The van der Waals surface area contributed by atoms with Gasteiger partial charge in [0.05, 0.1) is 12.2 Å². The molecule has 3 heterocycles. The van der Waals surface area contributed by atoms with E-state index < -0.39 is 5.82 Å². The van der Waals surface area contributed by atoms with Gasteiger partial charge >= 0.3 is 0 Å². The minimum atomic E-state index is -0.422. The molecule has 0 amide bonds. The number of halogens is 1. The summed E-state index contributed by atoms with van der Waals surface area (Å²) in [6.45, 7) is 21.5. The number of likely N-dealkylation sites (N-methyl/N-ethyl adjacent to an activating group) is 1. The van der Waals surface area contributed by atoms with E-state index in [0.29, 0.717) is 41.4 Å². The third-order valence-corrected chi connectivity index (χ3v) is 9.08. The minimum absolute atomic E-state index is 0.108. The molecule has 2 aromatic rings. The average molecular weight is 782 g/mol. The summed E-state index contributed by atoms with van der Waals surface area (Å²) in [5.41, 5.74) is 4.19. The molecule has 0 spiro atoms. The van der Waals surface area contributed by atoms with Crippen LogP contribution in [0.2, 0.25) is 0 Å². The molecular weight excluding hydrogens is 714 g/mol. The van der Waals surface area contributed by atoms with Crippen molar-refractivity contribution in [1.29, 1.82) is 0 Å². The van der Waals surface area contributed by atoms with E-state index in [1.807, 2.05) is 63.3 Å². The maximum Gasteiger partial charge on any atom is 0.156 e. The molecule has 0 fully saturated rings. The molecule has 2 aliphatic rings. The number of nitrogens with one attached hydrogen (secondary N) is 1. The number of aryl methyl sites for hydroxylation is 2. The molecular formula is C47H68FN7O2. The van der Waals surface area contributed by atoms with Crippen LogP contribution in [0, 0.1) is 37.9 Å². The third-order valence-electron chi connectivity index (χ3n) is 9.08. The number of ether oxygens (including phenoxy) is 1. The smallest absolute Gasteiger partial charge is 0.156 e. The van der Waals surface area contributed by atoms with E-state index in [-0.39, 0.29) is 5.78 Å². The fourth-order valence-corrected chi connectivity index (χ4v) is 6.35. The standard InChI is InChI=1S/C37H51FN6O.C7H13NO.C3H4/c1-8-11-13-17-39-36(35-29(7)22-31-27(5)21-26(4)25-43(37(31)42-35)18-14-12-9-2)41-33-23-28(6)34(24-32(33)38)45-30-15-19-44(20-16-30)40-10-3;1-7(9)5-4-6-8(2)3;1-3-2/h10,13,15-17,19,22-24,26-27H,8-9,11-12,14,18,20-21,25H2,1-7H3,(H,39,41);4-5H,6H2,1-3H3;1H,2H3/b17-13+,40-10-;5-4+;. The monoisotopic (exact) mass is 782 g/mol. The maximum absolute atomic E-state index is 15.7. The molecule has 2 unspecified atom stereocenters. The fraction of sp³-hybridized carbons (Fsp3) is 0.489. The number of allylic oxidation sites excluding steroid dienone is 3. The van der Waals surface area contributed by atoms with Crippen LogP contribution < -0.4 is 15.0 Å². The van der Waals surface area contributed by atoms with Crippen molar-refractivity contribution in [3.63, 3.8) is 0 Å². The molecule has 0 aliphatic carbocycles. The number of hydrogen-bond acceptors (Lipinski definition) is 8. The normalized spacial score (nSPS) is 16.8. The van der Waals surface area contributed by atoms with Crippen molar-refractivity contribution in [3.05, 3.63) is 94.9 Å². The molecule has 1 N–H and O–H groups in total. The van der Waals surface area contributed by atoms with E-state index in [2.05, 4.69) is 68.3 Å². The highest BCUT2D eigenvalue weighted by molar-refractivity contribution is 6.08. The fourth-order valence-electron chi connectivity index (χ4n) is 6.35. The Bertz CT molecular complexity index is 1800. The van der Waals surface area contributed by atoms with Crippen LogP contribution in [0.15, 0.2) is 76.8 Å². The van der Waals surface area contributed by atoms with Crippen LogP contribution in [-0.2, 0) is 4.79 Å². The number of unbranched alkanes of at least 4 members (excludes halogenated alkanes) is 3. The summed E-state index contributed by atoms with van der Waals surface area (Å²) in [6.07, 6.45) is 25.8. The van der Waals surface area contributed by atoms with Crippen molar-refractivity contribution >= 4 is 29.3 Å². The molecule has 310 valence electrons. The predicted octanol–water partition coefficient (Wildman–Crippen LogP) is 10.6. The molecule has 4 rings (SSSR count). The number of aliphatic imine (C=N–C) groups is 1. The van der Waals surface area contributed by atoms with Crippen LogP contribution >= 0.6 is 0 Å². The molecule has 1 aromatic heterocycles. The summed E-state index contributed by atoms with van der Waals surface area (Å²) in [4.78, 5) is 24.9. The molecule has 10 heteroatoms. The van der Waals surface area contributed by atoms with E-state index in [4.69, 9.17) is 14.7 Å². The zero-order valence-electron chi connectivity index (χ0n) is 36.5. The zero-order chi connectivity index (χ0) is 42.3. The molecule has 0 saturated heterocycles. The molecule has 9 nitrogen and oxygen atoms in total. The van der Waals surface area contributed by atoms with Crippen molar-refractivity contribution in [3.8, 4) is 18.1 Å². The lowest BCUT2D eigenvalue weighted by molar-refractivity contribution is -0.112. The van der Waals surface area contributed by atoms with Gasteiger partial charge in [-0.2, -0.15) is 5.10 Å². The van der Waals surface area contributed by atoms with Crippen LogP contribution in [0.3, 0.4) is 0 Å². The van der Waals surface area contributed by atoms with Gasteiger partial charge in [-0.3, -0.25) is 9.80 Å². The number of anilines is 2. The van der Waals surface area contributed by atoms with Gasteiger partial charge in [0.25, 0.3) is 0 Å². The summed E-state index contributed by atoms with van der Waals surface area (Å²) < 4.78 is 21.8. The molecule has 0 radical (unpaired) electrons. The van der Waals surface area contributed by atoms with Gasteiger partial charge in [-0.25, -0.2) is 14.4 Å². The number of terminal acetylenes is 1. The number of carbonyl (C=O) groups excluding carboxylic acids is 1. The average Bonchev–Trinajstić information content (AvgIpc) is 3.26. The second-order valence-corrected chi connectivity index (χ2v) is 14.9. The predicted molar refractivity (Wildman–Crippen MR) is 240 cm³/mol. The number of rotatable bonds is 15. The first-order valence-electron chi connectivity index (χ1n) is 20.4. The summed E-state index contributed by atoms with van der Waals surface area (Å²) in [5.74, 6) is 5.61. The third kappa shape index (κ3) is 16.9. The van der Waals surface area contributed by atoms with Gasteiger partial charge in [0, 0.05) is 44.3 Å². The van der Waals surface area contributed by atoms with Crippen LogP contribution in [0.1, 0.15) is 115 Å². The molecule has 0 bridgehead atoms. The van der Waals surface area contributed by atoms with Crippen molar-refractivity contribution in [1.82, 2.24) is 14.9 Å². The summed E-state index contributed by atoms with van der Waals surface area (Å²) >= 11 is 0. The van der Waals surface area contributed by atoms with Gasteiger partial charge in [0.1, 0.15) is 28.8 Å². The summed E-state index contributed by atoms with van der Waals surface area (Å²) in [7, 11) is 3.93. The Labute approximate surface area is 343 Å². The molecule has 1 aromatic carbocycles. The Kier molecular flexibility index (Phi) is 22.0. The van der Waals surface area contributed by atoms with Crippen molar-refractivity contribution < 1.29 is 13.9 Å². The van der Waals surface area contributed by atoms with Crippen LogP contribution in [0.4, 0.5) is 15.9 Å². The number of ketones is 1. The van der Waals surface area contributed by atoms with Crippen LogP contribution in [-0.4, -0.2) is 73.0 Å². The van der Waals surface area contributed by atoms with Crippen molar-refractivity contribution in [2.75, 3.05) is 50.5 Å². The van der Waals surface area contributed by atoms with Crippen molar-refractivity contribution in [2.24, 2.45) is 16.0 Å².